The number of hydrogen-bond donors (Lipinski definition) is 1. The number of fused-ring (bicyclic) bond motifs is 1. The first-order valence-corrected chi connectivity index (χ1v) is 5.95. The molecule has 0 saturated carbocycles. The number of halogens is 5. The molecule has 1 aliphatic carbocycles. The Morgan fingerprint density at radius 2 is 2.11 bits per heavy atom. The highest BCUT2D eigenvalue weighted by atomic mass is 35.5. The van der Waals surface area contributed by atoms with Crippen LogP contribution >= 0.6 is 11.6 Å². The number of alkyl halides is 4. The maximum atomic E-state index is 12.8. The van der Waals surface area contributed by atoms with Gasteiger partial charge in [0.25, 0.3) is 0 Å². The first-order chi connectivity index (χ1) is 8.40. The van der Waals surface area contributed by atoms with E-state index < -0.39 is 18.9 Å². The largest absolute Gasteiger partial charge is 0.319 e. The van der Waals surface area contributed by atoms with E-state index in [1.54, 1.807) is 18.2 Å². The van der Waals surface area contributed by atoms with Crippen molar-refractivity contribution in [1.29, 1.82) is 0 Å². The van der Waals surface area contributed by atoms with Gasteiger partial charge in [-0.2, -0.15) is 8.78 Å². The molecule has 1 nitrogen and oxygen atoms in total. The molecule has 0 aliphatic heterocycles. The molecular weight excluding hydrogens is 270 g/mol. The van der Waals surface area contributed by atoms with E-state index in [4.69, 9.17) is 11.6 Å². The van der Waals surface area contributed by atoms with E-state index in [1.807, 2.05) is 0 Å². The summed E-state index contributed by atoms with van der Waals surface area (Å²) in [5.74, 6) is -3.99. The average Bonchev–Trinajstić information content (AvgIpc) is 2.68. The number of aryl methyl sites for hydroxylation is 1. The fourth-order valence-corrected chi connectivity index (χ4v) is 2.33. The Labute approximate surface area is 107 Å². The molecule has 18 heavy (non-hydrogen) atoms. The lowest BCUT2D eigenvalue weighted by Crippen LogP contribution is -2.39. The second-order valence-electron chi connectivity index (χ2n) is 4.38. The SMILES string of the molecule is FC(F)C(F)(F)CNC1CCc2cc(Cl)ccc21. The number of hydrogen-bond acceptors (Lipinski definition) is 1. The molecule has 1 N–H and O–H groups in total. The Kier molecular flexibility index (Phi) is 3.82. The molecule has 1 atom stereocenters. The molecule has 0 fully saturated rings. The first kappa shape index (κ1) is 13.6. The van der Waals surface area contributed by atoms with Gasteiger partial charge in [0.15, 0.2) is 0 Å². The van der Waals surface area contributed by atoms with Crippen molar-refractivity contribution >= 4 is 11.6 Å². The summed E-state index contributed by atoms with van der Waals surface area (Å²) in [5.41, 5.74) is 1.85. The number of rotatable bonds is 4. The minimum Gasteiger partial charge on any atom is -0.304 e. The zero-order valence-electron chi connectivity index (χ0n) is 9.40. The molecule has 6 heteroatoms. The van der Waals surface area contributed by atoms with Gasteiger partial charge in [-0.1, -0.05) is 17.7 Å². The third kappa shape index (κ3) is 2.78. The van der Waals surface area contributed by atoms with E-state index in [1.165, 1.54) is 0 Å². The minimum atomic E-state index is -3.99. The van der Waals surface area contributed by atoms with Crippen molar-refractivity contribution in [3.05, 3.63) is 34.3 Å². The Balaban J connectivity index is 2.02. The van der Waals surface area contributed by atoms with Gasteiger partial charge in [-0.05, 0) is 36.1 Å². The van der Waals surface area contributed by atoms with Crippen LogP contribution in [0.2, 0.25) is 5.02 Å². The van der Waals surface area contributed by atoms with Gasteiger partial charge in [0.1, 0.15) is 0 Å². The Bertz CT molecular complexity index is 436. The van der Waals surface area contributed by atoms with Crippen molar-refractivity contribution < 1.29 is 17.6 Å². The Hall–Kier alpha value is -0.810. The van der Waals surface area contributed by atoms with Gasteiger partial charge in [0.2, 0.25) is 0 Å². The number of benzene rings is 1. The van der Waals surface area contributed by atoms with Gasteiger partial charge in [0, 0.05) is 11.1 Å². The van der Waals surface area contributed by atoms with Gasteiger partial charge < -0.3 is 5.32 Å². The fraction of sp³-hybridized carbons (Fsp3) is 0.500. The normalized spacial score (nSPS) is 19.3. The van der Waals surface area contributed by atoms with E-state index in [0.29, 0.717) is 17.9 Å². The average molecular weight is 282 g/mol. The zero-order valence-corrected chi connectivity index (χ0v) is 10.2. The summed E-state index contributed by atoms with van der Waals surface area (Å²) in [6, 6.07) is 4.90. The highest BCUT2D eigenvalue weighted by Crippen LogP contribution is 2.33. The summed E-state index contributed by atoms with van der Waals surface area (Å²) >= 11 is 5.82. The molecule has 100 valence electrons. The van der Waals surface area contributed by atoms with Gasteiger partial charge in [-0.3, -0.25) is 0 Å². The van der Waals surface area contributed by atoms with Crippen LogP contribution in [0, 0.1) is 0 Å². The molecule has 0 radical (unpaired) electrons. The van der Waals surface area contributed by atoms with Crippen LogP contribution in [0.25, 0.3) is 0 Å². The molecule has 0 heterocycles. The topological polar surface area (TPSA) is 12.0 Å². The maximum absolute atomic E-state index is 12.8. The van der Waals surface area contributed by atoms with Crippen molar-refractivity contribution in [3.8, 4) is 0 Å². The second kappa shape index (κ2) is 5.05. The third-order valence-corrected chi connectivity index (χ3v) is 3.32. The van der Waals surface area contributed by atoms with Crippen LogP contribution in [-0.2, 0) is 6.42 Å². The maximum Gasteiger partial charge on any atom is 0.319 e. The molecule has 0 bridgehead atoms. The van der Waals surface area contributed by atoms with Crippen LogP contribution in [0.15, 0.2) is 18.2 Å². The summed E-state index contributed by atoms with van der Waals surface area (Å²) in [6.07, 6.45) is -2.31. The van der Waals surface area contributed by atoms with E-state index >= 15 is 0 Å². The van der Waals surface area contributed by atoms with E-state index in [0.717, 1.165) is 11.1 Å². The number of nitrogens with one attached hydrogen (secondary N) is 1. The van der Waals surface area contributed by atoms with Crippen LogP contribution in [-0.4, -0.2) is 18.9 Å². The molecule has 1 aliphatic rings. The van der Waals surface area contributed by atoms with Crippen molar-refractivity contribution in [3.63, 3.8) is 0 Å². The molecule has 0 amide bonds. The molecule has 2 rings (SSSR count). The van der Waals surface area contributed by atoms with Crippen LogP contribution in [0.1, 0.15) is 23.6 Å². The molecular formula is C12H12ClF4N. The highest BCUT2D eigenvalue weighted by Gasteiger charge is 2.41. The standard InChI is InChI=1S/C12H12ClF4N/c13-8-2-3-9-7(5-8)1-4-10(9)18-6-12(16,17)11(14)15/h2-3,5,10-11,18H,1,4,6H2. The molecule has 0 spiro atoms. The smallest absolute Gasteiger partial charge is 0.304 e. The van der Waals surface area contributed by atoms with Gasteiger partial charge in [-0.25, -0.2) is 8.78 Å². The molecule has 1 unspecified atom stereocenters. The molecule has 0 saturated heterocycles. The summed E-state index contributed by atoms with van der Waals surface area (Å²) in [6.45, 7) is -1.02. The zero-order chi connectivity index (χ0) is 13.3. The van der Waals surface area contributed by atoms with Crippen LogP contribution in [0.4, 0.5) is 17.6 Å². The second-order valence-corrected chi connectivity index (χ2v) is 4.81. The quantitative estimate of drug-likeness (QED) is 0.828. The van der Waals surface area contributed by atoms with Crippen molar-refractivity contribution in [2.45, 2.75) is 31.2 Å². The van der Waals surface area contributed by atoms with E-state index in [9.17, 15) is 17.6 Å². The molecule has 1 aromatic rings. The summed E-state index contributed by atoms with van der Waals surface area (Å²) < 4.78 is 49.7. The lowest BCUT2D eigenvalue weighted by atomic mass is 10.1. The Morgan fingerprint density at radius 3 is 2.78 bits per heavy atom. The van der Waals surface area contributed by atoms with E-state index in [-0.39, 0.29) is 6.04 Å². The van der Waals surface area contributed by atoms with Gasteiger partial charge >= 0.3 is 12.3 Å². The Morgan fingerprint density at radius 1 is 1.39 bits per heavy atom. The molecule has 0 aromatic heterocycles. The van der Waals surface area contributed by atoms with Crippen LogP contribution in [0.3, 0.4) is 0 Å². The predicted octanol–water partition coefficient (Wildman–Crippen LogP) is 3.82. The lowest BCUT2D eigenvalue weighted by Gasteiger charge is -2.20. The van der Waals surface area contributed by atoms with Gasteiger partial charge in [-0.15, -0.1) is 0 Å². The highest BCUT2D eigenvalue weighted by molar-refractivity contribution is 6.30. The summed E-state index contributed by atoms with van der Waals surface area (Å²) in [5, 5.41) is 3.10. The van der Waals surface area contributed by atoms with Crippen molar-refractivity contribution in [2.75, 3.05) is 6.54 Å². The monoisotopic (exact) mass is 281 g/mol. The van der Waals surface area contributed by atoms with Crippen molar-refractivity contribution in [2.24, 2.45) is 0 Å². The van der Waals surface area contributed by atoms with E-state index in [2.05, 4.69) is 5.32 Å². The van der Waals surface area contributed by atoms with Crippen LogP contribution < -0.4 is 5.32 Å². The molecule has 1 aromatic carbocycles. The van der Waals surface area contributed by atoms with Crippen LogP contribution in [0.5, 0.6) is 0 Å². The third-order valence-electron chi connectivity index (χ3n) is 3.09. The summed E-state index contributed by atoms with van der Waals surface area (Å²) in [4.78, 5) is 0. The fourth-order valence-electron chi connectivity index (χ4n) is 2.13. The predicted molar refractivity (Wildman–Crippen MR) is 61.5 cm³/mol. The first-order valence-electron chi connectivity index (χ1n) is 5.58. The minimum absolute atomic E-state index is 0.304. The van der Waals surface area contributed by atoms with Crippen molar-refractivity contribution in [1.82, 2.24) is 5.32 Å². The van der Waals surface area contributed by atoms with Gasteiger partial charge in [0.05, 0.1) is 6.54 Å². The summed E-state index contributed by atoms with van der Waals surface area (Å²) in [7, 11) is 0. The lowest BCUT2D eigenvalue weighted by molar-refractivity contribution is -0.126.